The van der Waals surface area contributed by atoms with Gasteiger partial charge in [0.25, 0.3) is 11.8 Å². The number of hydrogen-bond donors (Lipinski definition) is 0. The van der Waals surface area contributed by atoms with Gasteiger partial charge in [-0.1, -0.05) is 10.4 Å². The molecule has 5 heterocycles. The number of ether oxygens (including phenoxy) is 1. The van der Waals surface area contributed by atoms with Crippen LogP contribution in [0.2, 0.25) is 0 Å². The highest BCUT2D eigenvalue weighted by molar-refractivity contribution is 7.08. The maximum Gasteiger partial charge on any atom is 0.281 e. The number of amides is 1. The molecule has 2 aliphatic heterocycles. The van der Waals surface area contributed by atoms with Crippen molar-refractivity contribution in [1.29, 1.82) is 0 Å². The molecule has 0 aromatic carbocycles. The molecule has 0 saturated carbocycles. The fourth-order valence-electron chi connectivity index (χ4n) is 3.33. The van der Waals surface area contributed by atoms with E-state index in [1.54, 1.807) is 20.9 Å². The molecular weight excluding hydrogens is 356 g/mol. The van der Waals surface area contributed by atoms with E-state index in [1.165, 1.54) is 0 Å². The zero-order valence-electron chi connectivity index (χ0n) is 13.9. The predicted molar refractivity (Wildman–Crippen MR) is 91.5 cm³/mol. The van der Waals surface area contributed by atoms with Crippen LogP contribution in [0.3, 0.4) is 0 Å². The van der Waals surface area contributed by atoms with Crippen molar-refractivity contribution < 1.29 is 14.1 Å². The van der Waals surface area contributed by atoms with Crippen LogP contribution in [0.4, 0.5) is 0 Å². The molecule has 0 spiro atoms. The molecule has 9 nitrogen and oxygen atoms in total. The number of aromatic nitrogens is 5. The number of thiophene rings is 1. The highest BCUT2D eigenvalue weighted by Gasteiger charge is 2.34. The van der Waals surface area contributed by atoms with E-state index in [0.717, 1.165) is 25.0 Å². The fraction of sp³-hybridized carbons (Fsp3) is 0.438. The average molecular weight is 372 g/mol. The van der Waals surface area contributed by atoms with Gasteiger partial charge in [-0.15, -0.1) is 5.10 Å². The number of carbonyl (C=O) groups is 1. The van der Waals surface area contributed by atoms with Crippen LogP contribution in [0, 0.1) is 0 Å². The smallest absolute Gasteiger partial charge is 0.281 e. The summed E-state index contributed by atoms with van der Waals surface area (Å²) in [4.78, 5) is 19.2. The lowest BCUT2D eigenvalue weighted by atomic mass is 10.2. The monoisotopic (exact) mass is 372 g/mol. The molecule has 0 aliphatic carbocycles. The fourth-order valence-corrected chi connectivity index (χ4v) is 3.96. The third kappa shape index (κ3) is 2.61. The van der Waals surface area contributed by atoms with Crippen molar-refractivity contribution >= 4 is 17.2 Å². The lowest BCUT2D eigenvalue weighted by Crippen LogP contribution is -2.44. The summed E-state index contributed by atoms with van der Waals surface area (Å²) in [5, 5.41) is 16.1. The quantitative estimate of drug-likeness (QED) is 0.687. The van der Waals surface area contributed by atoms with E-state index in [4.69, 9.17) is 9.26 Å². The van der Waals surface area contributed by atoms with E-state index >= 15 is 0 Å². The SMILES string of the molecule is O=C1c2c(-c3nc(-c4ccsc4)no3)nnn2CCN1CC1CCCO1. The van der Waals surface area contributed by atoms with Crippen LogP contribution in [0.5, 0.6) is 0 Å². The van der Waals surface area contributed by atoms with Gasteiger partial charge in [-0.2, -0.15) is 16.3 Å². The molecule has 10 heteroatoms. The summed E-state index contributed by atoms with van der Waals surface area (Å²) in [6, 6.07) is 1.91. The molecule has 134 valence electrons. The van der Waals surface area contributed by atoms with Crippen molar-refractivity contribution in [3.63, 3.8) is 0 Å². The van der Waals surface area contributed by atoms with Gasteiger partial charge in [0.1, 0.15) is 0 Å². The Morgan fingerprint density at radius 2 is 2.31 bits per heavy atom. The molecule has 1 atom stereocenters. The number of fused-ring (bicyclic) bond motifs is 1. The first-order valence-electron chi connectivity index (χ1n) is 8.50. The largest absolute Gasteiger partial charge is 0.376 e. The standard InChI is InChI=1S/C16H16N6O3S/c23-16-13-12(15-17-14(19-25-15)10-3-7-26-9-10)18-20-22(13)5-4-21(16)8-11-2-1-6-24-11/h3,7,9,11H,1-2,4-6,8H2. The zero-order chi connectivity index (χ0) is 17.5. The molecule has 5 rings (SSSR count). The summed E-state index contributed by atoms with van der Waals surface area (Å²) >= 11 is 1.55. The van der Waals surface area contributed by atoms with Gasteiger partial charge in [-0.05, 0) is 24.3 Å². The Balaban J connectivity index is 1.44. The minimum Gasteiger partial charge on any atom is -0.376 e. The summed E-state index contributed by atoms with van der Waals surface area (Å²) in [5.41, 5.74) is 1.60. The van der Waals surface area contributed by atoms with Crippen LogP contribution in [0.15, 0.2) is 21.3 Å². The van der Waals surface area contributed by atoms with Gasteiger partial charge in [-0.3, -0.25) is 4.79 Å². The van der Waals surface area contributed by atoms with Crippen molar-refractivity contribution in [3.8, 4) is 23.0 Å². The van der Waals surface area contributed by atoms with Gasteiger partial charge in [0.15, 0.2) is 11.4 Å². The number of hydrogen-bond acceptors (Lipinski definition) is 8. The Kier molecular flexibility index (Phi) is 3.79. The van der Waals surface area contributed by atoms with Crippen LogP contribution in [0.25, 0.3) is 23.0 Å². The molecule has 1 fully saturated rings. The Bertz CT molecular complexity index is 928. The first-order chi connectivity index (χ1) is 12.8. The van der Waals surface area contributed by atoms with Crippen LogP contribution in [0.1, 0.15) is 23.3 Å². The van der Waals surface area contributed by atoms with E-state index in [2.05, 4.69) is 20.5 Å². The highest BCUT2D eigenvalue weighted by atomic mass is 32.1. The van der Waals surface area contributed by atoms with Crippen LogP contribution < -0.4 is 0 Å². The first-order valence-corrected chi connectivity index (χ1v) is 9.45. The number of nitrogens with zero attached hydrogens (tertiary/aromatic N) is 6. The molecular formula is C16H16N6O3S. The van der Waals surface area contributed by atoms with Crippen molar-refractivity contribution in [2.45, 2.75) is 25.5 Å². The molecule has 1 unspecified atom stereocenters. The normalized spacial score (nSPS) is 19.9. The van der Waals surface area contributed by atoms with E-state index in [0.29, 0.717) is 36.8 Å². The molecule has 0 radical (unpaired) electrons. The van der Waals surface area contributed by atoms with Gasteiger partial charge < -0.3 is 14.2 Å². The number of rotatable bonds is 4. The topological polar surface area (TPSA) is 99.2 Å². The van der Waals surface area contributed by atoms with E-state index in [1.807, 2.05) is 16.8 Å². The van der Waals surface area contributed by atoms with Crippen molar-refractivity contribution in [2.75, 3.05) is 19.7 Å². The summed E-state index contributed by atoms with van der Waals surface area (Å²) in [6.45, 7) is 2.54. The number of carbonyl (C=O) groups excluding carboxylic acids is 1. The summed E-state index contributed by atoms with van der Waals surface area (Å²) < 4.78 is 12.6. The van der Waals surface area contributed by atoms with Gasteiger partial charge in [0.2, 0.25) is 5.82 Å². The third-order valence-corrected chi connectivity index (χ3v) is 5.35. The minimum atomic E-state index is -0.123. The van der Waals surface area contributed by atoms with Crippen molar-refractivity contribution in [1.82, 2.24) is 30.0 Å². The Morgan fingerprint density at radius 1 is 1.35 bits per heavy atom. The molecule has 3 aromatic heterocycles. The van der Waals surface area contributed by atoms with Crippen molar-refractivity contribution in [2.24, 2.45) is 0 Å². The second-order valence-electron chi connectivity index (χ2n) is 6.33. The van der Waals surface area contributed by atoms with E-state index < -0.39 is 0 Å². The third-order valence-electron chi connectivity index (χ3n) is 4.66. The molecule has 2 aliphatic rings. The lowest BCUT2D eigenvalue weighted by molar-refractivity contribution is 0.0468. The summed E-state index contributed by atoms with van der Waals surface area (Å²) in [7, 11) is 0. The zero-order valence-corrected chi connectivity index (χ0v) is 14.7. The second kappa shape index (κ2) is 6.29. The maximum absolute atomic E-state index is 13.0. The summed E-state index contributed by atoms with van der Waals surface area (Å²) in [6.07, 6.45) is 2.14. The molecule has 3 aromatic rings. The first kappa shape index (κ1) is 15.6. The van der Waals surface area contributed by atoms with Gasteiger partial charge in [0, 0.05) is 30.6 Å². The van der Waals surface area contributed by atoms with Gasteiger partial charge >= 0.3 is 0 Å². The lowest BCUT2D eigenvalue weighted by Gasteiger charge is -2.29. The van der Waals surface area contributed by atoms with Gasteiger partial charge in [0.05, 0.1) is 12.6 Å². The molecule has 0 N–H and O–H groups in total. The highest BCUT2D eigenvalue weighted by Crippen LogP contribution is 2.27. The van der Waals surface area contributed by atoms with Gasteiger partial charge in [-0.25, -0.2) is 4.68 Å². The Hall–Kier alpha value is -2.59. The van der Waals surface area contributed by atoms with Crippen LogP contribution in [-0.2, 0) is 11.3 Å². The molecule has 1 amide bonds. The Labute approximate surface area is 152 Å². The average Bonchev–Trinajstić information content (AvgIpc) is 3.44. The summed E-state index contributed by atoms with van der Waals surface area (Å²) in [5.74, 6) is 0.560. The van der Waals surface area contributed by atoms with E-state index in [9.17, 15) is 4.79 Å². The molecule has 1 saturated heterocycles. The minimum absolute atomic E-state index is 0.110. The van der Waals surface area contributed by atoms with Crippen molar-refractivity contribution in [3.05, 3.63) is 22.5 Å². The molecule has 26 heavy (non-hydrogen) atoms. The predicted octanol–water partition coefficient (Wildman–Crippen LogP) is 1.69. The van der Waals surface area contributed by atoms with Crippen LogP contribution >= 0.6 is 11.3 Å². The Morgan fingerprint density at radius 3 is 3.12 bits per heavy atom. The van der Waals surface area contributed by atoms with Crippen LogP contribution in [-0.4, -0.2) is 61.7 Å². The molecule has 0 bridgehead atoms. The second-order valence-corrected chi connectivity index (χ2v) is 7.11. The van der Waals surface area contributed by atoms with E-state index in [-0.39, 0.29) is 17.9 Å². The maximum atomic E-state index is 13.0.